The molecular formula is C36H60N4O4. The van der Waals surface area contributed by atoms with Crippen LogP contribution in [0.15, 0.2) is 22.3 Å². The molecule has 248 valence electrons. The van der Waals surface area contributed by atoms with Gasteiger partial charge in [-0.3, -0.25) is 9.59 Å². The van der Waals surface area contributed by atoms with Crippen molar-refractivity contribution >= 4 is 11.9 Å². The highest BCUT2D eigenvalue weighted by Crippen LogP contribution is 2.42. The van der Waals surface area contributed by atoms with Crippen LogP contribution < -0.4 is 21.3 Å². The molecule has 4 N–H and O–H groups in total. The molecular weight excluding hydrogens is 552 g/mol. The molecule has 0 aromatic rings. The lowest BCUT2D eigenvalue weighted by atomic mass is 9.80. The zero-order valence-electron chi connectivity index (χ0n) is 28.6. The van der Waals surface area contributed by atoms with E-state index < -0.39 is 0 Å². The summed E-state index contributed by atoms with van der Waals surface area (Å²) in [6.45, 7) is 14.2. The highest BCUT2D eigenvalue weighted by atomic mass is 16.5. The molecule has 5 aliphatic heterocycles. The molecule has 8 bridgehead atoms. The lowest BCUT2D eigenvalue weighted by Gasteiger charge is -2.28. The van der Waals surface area contributed by atoms with Crippen LogP contribution in [0.4, 0.5) is 0 Å². The van der Waals surface area contributed by atoms with Gasteiger partial charge in [0, 0.05) is 61.2 Å². The zero-order chi connectivity index (χ0) is 31.7. The van der Waals surface area contributed by atoms with Crippen molar-refractivity contribution in [2.24, 2.45) is 23.7 Å². The average molecular weight is 613 g/mol. The summed E-state index contributed by atoms with van der Waals surface area (Å²) in [5.41, 5.74) is 5.96. The summed E-state index contributed by atoms with van der Waals surface area (Å²) < 4.78 is 10.1. The van der Waals surface area contributed by atoms with Crippen molar-refractivity contribution < 1.29 is 19.1 Å². The number of methoxy groups -OCH3 is 2. The summed E-state index contributed by atoms with van der Waals surface area (Å²) in [5.74, 6) is 1.84. The number of esters is 2. The van der Waals surface area contributed by atoms with Crippen molar-refractivity contribution in [2.75, 3.05) is 14.2 Å². The van der Waals surface area contributed by atoms with Gasteiger partial charge in [-0.2, -0.15) is 0 Å². The van der Waals surface area contributed by atoms with Crippen LogP contribution in [-0.2, 0) is 19.1 Å². The first-order chi connectivity index (χ1) is 21.1. The molecule has 3 fully saturated rings. The van der Waals surface area contributed by atoms with E-state index in [0.717, 1.165) is 44.9 Å². The number of rotatable bonds is 8. The van der Waals surface area contributed by atoms with Crippen LogP contribution in [0.25, 0.3) is 0 Å². The predicted molar refractivity (Wildman–Crippen MR) is 175 cm³/mol. The summed E-state index contributed by atoms with van der Waals surface area (Å²) >= 11 is 0. The fourth-order valence-electron chi connectivity index (χ4n) is 10.1. The van der Waals surface area contributed by atoms with Gasteiger partial charge in [-0.1, -0.05) is 56.4 Å². The van der Waals surface area contributed by atoms with Gasteiger partial charge in [0.05, 0.1) is 14.2 Å². The molecule has 0 saturated carbocycles. The second kappa shape index (κ2) is 14.4. The van der Waals surface area contributed by atoms with E-state index in [4.69, 9.17) is 9.47 Å². The van der Waals surface area contributed by atoms with Gasteiger partial charge in [0.25, 0.3) is 0 Å². The Bertz CT molecular complexity index is 1120. The number of nitrogens with one attached hydrogen (secondary N) is 4. The van der Waals surface area contributed by atoms with Crippen molar-refractivity contribution in [1.29, 1.82) is 0 Å². The monoisotopic (exact) mass is 612 g/mol. The van der Waals surface area contributed by atoms with E-state index in [-0.39, 0.29) is 24.0 Å². The molecule has 5 rings (SSSR count). The summed E-state index contributed by atoms with van der Waals surface area (Å²) in [6, 6.07) is 2.94. The molecule has 0 radical (unpaired) electrons. The topological polar surface area (TPSA) is 101 Å². The van der Waals surface area contributed by atoms with E-state index >= 15 is 0 Å². The van der Waals surface area contributed by atoms with Crippen molar-refractivity contribution in [2.45, 2.75) is 154 Å². The number of hydrogen-bond acceptors (Lipinski definition) is 8. The van der Waals surface area contributed by atoms with E-state index in [0.29, 0.717) is 72.8 Å². The number of carbonyl (C=O) groups excluding carboxylic acids is 2. The first kappa shape index (κ1) is 33.6. The van der Waals surface area contributed by atoms with E-state index in [1.165, 1.54) is 31.8 Å². The Morgan fingerprint density at radius 2 is 1.14 bits per heavy atom. The van der Waals surface area contributed by atoms with Gasteiger partial charge in [0.1, 0.15) is 0 Å². The minimum absolute atomic E-state index is 0.125. The number of hydrogen-bond donors (Lipinski definition) is 4. The van der Waals surface area contributed by atoms with Crippen LogP contribution in [0.5, 0.6) is 0 Å². The first-order valence-corrected chi connectivity index (χ1v) is 17.7. The molecule has 8 heteroatoms. The molecule has 8 nitrogen and oxygen atoms in total. The number of ether oxygens (including phenoxy) is 2. The average Bonchev–Trinajstić information content (AvgIpc) is 3.67. The number of fused-ring (bicyclic) bond motifs is 8. The van der Waals surface area contributed by atoms with Crippen LogP contribution in [0.1, 0.15) is 106 Å². The second-order valence-electron chi connectivity index (χ2n) is 14.7. The van der Waals surface area contributed by atoms with Crippen LogP contribution in [0, 0.1) is 23.7 Å². The summed E-state index contributed by atoms with van der Waals surface area (Å²) in [4.78, 5) is 24.5. The molecule has 5 aliphatic rings. The van der Waals surface area contributed by atoms with Crippen LogP contribution >= 0.6 is 0 Å². The quantitative estimate of drug-likeness (QED) is 0.230. The van der Waals surface area contributed by atoms with Crippen molar-refractivity contribution in [1.82, 2.24) is 21.3 Å². The highest BCUT2D eigenvalue weighted by Gasteiger charge is 2.47. The summed E-state index contributed by atoms with van der Waals surface area (Å²) in [6.07, 6.45) is 8.96. The lowest BCUT2D eigenvalue weighted by molar-refractivity contribution is -0.141. The Labute approximate surface area is 266 Å². The van der Waals surface area contributed by atoms with Crippen LogP contribution in [-0.4, -0.2) is 74.5 Å². The Kier molecular flexibility index (Phi) is 11.0. The molecule has 0 spiro atoms. The molecule has 0 aromatic carbocycles. The zero-order valence-corrected chi connectivity index (χ0v) is 28.6. The maximum atomic E-state index is 12.3. The first-order valence-electron chi connectivity index (χ1n) is 17.7. The Morgan fingerprint density at radius 3 is 1.73 bits per heavy atom. The van der Waals surface area contributed by atoms with Gasteiger partial charge in [-0.15, -0.1) is 0 Å². The molecule has 44 heavy (non-hydrogen) atoms. The fourth-order valence-corrected chi connectivity index (χ4v) is 10.1. The molecule has 0 aliphatic carbocycles. The lowest BCUT2D eigenvalue weighted by Crippen LogP contribution is -2.46. The standard InChI is InChI=1S/C36H60N4O4/c1-9-23-19(3)27-15-28-21(5)25(11-13-35(41)43-7)33(39-28)18-34-26(12-14-36(42)44-8)22(6)30(40-34)17-32-24(10-2)20(4)29(38-32)16-31(23)37-27/h19,22-23,26-34,37-40H,9-18H2,1-8H3. The minimum atomic E-state index is -0.146. The maximum absolute atomic E-state index is 12.3. The summed E-state index contributed by atoms with van der Waals surface area (Å²) in [7, 11) is 2.97. The molecule has 12 unspecified atom stereocenters. The third-order valence-electron chi connectivity index (χ3n) is 12.8. The van der Waals surface area contributed by atoms with E-state index in [1.807, 2.05) is 0 Å². The van der Waals surface area contributed by atoms with Gasteiger partial charge >= 0.3 is 11.9 Å². The maximum Gasteiger partial charge on any atom is 0.305 e. The second-order valence-corrected chi connectivity index (χ2v) is 14.7. The highest BCUT2D eigenvalue weighted by molar-refractivity contribution is 5.69. The normalized spacial score (nSPS) is 40.5. The SMILES string of the molecule is CCC1=C(C)C2CC3NC(CC4NC(CC5NC(CC1N2)C(C)C5CCC(=O)OC)C(CCC(=O)OC)=C4C)C(C)C3CC. The Hall–Kier alpha value is -1.74. The smallest absolute Gasteiger partial charge is 0.305 e. The molecule has 3 saturated heterocycles. The predicted octanol–water partition coefficient (Wildman–Crippen LogP) is 4.79. The van der Waals surface area contributed by atoms with E-state index in [9.17, 15) is 9.59 Å². The third-order valence-corrected chi connectivity index (χ3v) is 12.8. The summed E-state index contributed by atoms with van der Waals surface area (Å²) in [5, 5.41) is 16.5. The molecule has 0 amide bonds. The van der Waals surface area contributed by atoms with E-state index in [1.54, 1.807) is 11.1 Å². The van der Waals surface area contributed by atoms with E-state index in [2.05, 4.69) is 62.8 Å². The Morgan fingerprint density at radius 1 is 0.659 bits per heavy atom. The van der Waals surface area contributed by atoms with Crippen LogP contribution in [0.2, 0.25) is 0 Å². The fraction of sp³-hybridized carbons (Fsp3) is 0.833. The third kappa shape index (κ3) is 6.70. The van der Waals surface area contributed by atoms with Crippen molar-refractivity contribution in [3.8, 4) is 0 Å². The van der Waals surface area contributed by atoms with Gasteiger partial charge < -0.3 is 30.7 Å². The minimum Gasteiger partial charge on any atom is -0.469 e. The van der Waals surface area contributed by atoms with Crippen LogP contribution in [0.3, 0.4) is 0 Å². The van der Waals surface area contributed by atoms with Crippen molar-refractivity contribution in [3.05, 3.63) is 22.3 Å². The van der Waals surface area contributed by atoms with Gasteiger partial charge in [-0.05, 0) is 82.5 Å². The Balaban J connectivity index is 1.48. The molecule has 5 heterocycles. The van der Waals surface area contributed by atoms with Gasteiger partial charge in [0.15, 0.2) is 0 Å². The van der Waals surface area contributed by atoms with Gasteiger partial charge in [-0.25, -0.2) is 0 Å². The number of carbonyl (C=O) groups is 2. The van der Waals surface area contributed by atoms with Crippen molar-refractivity contribution in [3.63, 3.8) is 0 Å². The molecule has 0 aromatic heterocycles. The van der Waals surface area contributed by atoms with Gasteiger partial charge in [0.2, 0.25) is 0 Å². The molecule has 12 atom stereocenters. The largest absolute Gasteiger partial charge is 0.469 e.